The SMILES string of the molecule is O=C(NC(=S)Nc1ccc(Cl)cc1-c1nc2ccccc2s1)c1cccc(OCc2ccccc2)c1. The van der Waals surface area contributed by atoms with Crippen molar-refractivity contribution in [2.24, 2.45) is 0 Å². The molecular weight excluding hydrogens is 510 g/mol. The fourth-order valence-corrected chi connectivity index (χ4v) is 4.96. The highest BCUT2D eigenvalue weighted by atomic mass is 35.5. The van der Waals surface area contributed by atoms with Crippen LogP contribution >= 0.6 is 35.2 Å². The first-order valence-corrected chi connectivity index (χ1v) is 12.7. The molecule has 0 radical (unpaired) electrons. The van der Waals surface area contributed by atoms with Crippen molar-refractivity contribution in [1.29, 1.82) is 0 Å². The van der Waals surface area contributed by atoms with Gasteiger partial charge < -0.3 is 10.1 Å². The van der Waals surface area contributed by atoms with Gasteiger partial charge in [0.1, 0.15) is 17.4 Å². The van der Waals surface area contributed by atoms with Crippen molar-refractivity contribution in [3.05, 3.63) is 113 Å². The lowest BCUT2D eigenvalue weighted by molar-refractivity contribution is 0.0977. The highest BCUT2D eigenvalue weighted by Gasteiger charge is 2.14. The molecule has 0 saturated carbocycles. The van der Waals surface area contributed by atoms with E-state index < -0.39 is 0 Å². The number of carbonyl (C=O) groups is 1. The van der Waals surface area contributed by atoms with Crippen molar-refractivity contribution in [3.63, 3.8) is 0 Å². The van der Waals surface area contributed by atoms with Crippen LogP contribution in [0.2, 0.25) is 5.02 Å². The molecule has 36 heavy (non-hydrogen) atoms. The maximum absolute atomic E-state index is 12.9. The maximum Gasteiger partial charge on any atom is 0.257 e. The average Bonchev–Trinajstić information content (AvgIpc) is 3.33. The highest BCUT2D eigenvalue weighted by Crippen LogP contribution is 2.36. The van der Waals surface area contributed by atoms with Crippen LogP contribution in [0.1, 0.15) is 15.9 Å². The smallest absolute Gasteiger partial charge is 0.257 e. The Morgan fingerprint density at radius 1 is 0.944 bits per heavy atom. The molecule has 0 saturated heterocycles. The van der Waals surface area contributed by atoms with E-state index in [0.29, 0.717) is 28.6 Å². The molecule has 0 bridgehead atoms. The Balaban J connectivity index is 1.28. The van der Waals surface area contributed by atoms with Gasteiger partial charge in [-0.1, -0.05) is 60.1 Å². The molecule has 0 spiro atoms. The second-order valence-electron chi connectivity index (χ2n) is 7.89. The van der Waals surface area contributed by atoms with E-state index in [1.54, 1.807) is 35.6 Å². The lowest BCUT2D eigenvalue weighted by atomic mass is 10.2. The zero-order chi connectivity index (χ0) is 24.9. The molecule has 1 amide bonds. The maximum atomic E-state index is 12.9. The number of hydrogen-bond donors (Lipinski definition) is 2. The summed E-state index contributed by atoms with van der Waals surface area (Å²) in [7, 11) is 0. The van der Waals surface area contributed by atoms with E-state index in [4.69, 9.17) is 33.5 Å². The second kappa shape index (κ2) is 10.9. The van der Waals surface area contributed by atoms with E-state index >= 15 is 0 Å². The number of halogens is 1. The zero-order valence-electron chi connectivity index (χ0n) is 18.9. The van der Waals surface area contributed by atoms with Crippen LogP contribution in [0.4, 0.5) is 5.69 Å². The van der Waals surface area contributed by atoms with Crippen LogP contribution in [0, 0.1) is 0 Å². The molecule has 0 unspecified atom stereocenters. The minimum absolute atomic E-state index is 0.167. The number of para-hydroxylation sites is 1. The number of hydrogen-bond acceptors (Lipinski definition) is 5. The van der Waals surface area contributed by atoms with Crippen LogP contribution in [0.15, 0.2) is 97.1 Å². The lowest BCUT2D eigenvalue weighted by Crippen LogP contribution is -2.34. The van der Waals surface area contributed by atoms with Crippen molar-refractivity contribution >= 4 is 62.1 Å². The molecule has 178 valence electrons. The van der Waals surface area contributed by atoms with Crippen molar-refractivity contribution in [1.82, 2.24) is 10.3 Å². The Morgan fingerprint density at radius 3 is 2.58 bits per heavy atom. The van der Waals surface area contributed by atoms with Gasteiger partial charge in [-0.2, -0.15) is 0 Å². The van der Waals surface area contributed by atoms with Gasteiger partial charge in [-0.25, -0.2) is 4.98 Å². The molecule has 1 heterocycles. The average molecular weight is 530 g/mol. The summed E-state index contributed by atoms with van der Waals surface area (Å²) in [6.45, 7) is 0.414. The van der Waals surface area contributed by atoms with Gasteiger partial charge in [0.25, 0.3) is 5.91 Å². The number of benzene rings is 4. The summed E-state index contributed by atoms with van der Waals surface area (Å²) in [6.07, 6.45) is 0. The summed E-state index contributed by atoms with van der Waals surface area (Å²) in [4.78, 5) is 17.6. The largest absolute Gasteiger partial charge is 0.489 e. The normalized spacial score (nSPS) is 10.7. The number of aromatic nitrogens is 1. The first kappa shape index (κ1) is 23.9. The number of amides is 1. The van der Waals surface area contributed by atoms with Crippen molar-refractivity contribution < 1.29 is 9.53 Å². The fourth-order valence-electron chi connectivity index (χ4n) is 3.59. The number of fused-ring (bicyclic) bond motifs is 1. The number of nitrogens with one attached hydrogen (secondary N) is 2. The summed E-state index contributed by atoms with van der Waals surface area (Å²) < 4.78 is 6.91. The molecular formula is C28H20ClN3O2S2. The summed E-state index contributed by atoms with van der Waals surface area (Å²) in [5.74, 6) is 0.259. The highest BCUT2D eigenvalue weighted by molar-refractivity contribution is 7.80. The Labute approximate surface area is 222 Å². The zero-order valence-corrected chi connectivity index (χ0v) is 21.3. The minimum Gasteiger partial charge on any atom is -0.489 e. The van der Waals surface area contributed by atoms with Gasteiger partial charge in [-0.05, 0) is 66.3 Å². The van der Waals surface area contributed by atoms with Crippen LogP contribution in [-0.2, 0) is 6.61 Å². The molecule has 0 aliphatic heterocycles. The number of anilines is 1. The summed E-state index contributed by atoms with van der Waals surface area (Å²) in [6, 6.07) is 30.2. The number of thiocarbonyl (C=S) groups is 1. The van der Waals surface area contributed by atoms with Gasteiger partial charge >= 0.3 is 0 Å². The third-order valence-electron chi connectivity index (χ3n) is 5.33. The van der Waals surface area contributed by atoms with Gasteiger partial charge in [0.15, 0.2) is 5.11 Å². The molecule has 0 fully saturated rings. The third kappa shape index (κ3) is 5.71. The Morgan fingerprint density at radius 2 is 1.75 bits per heavy atom. The molecule has 1 aromatic heterocycles. The molecule has 8 heteroatoms. The van der Waals surface area contributed by atoms with Gasteiger partial charge in [0.05, 0.1) is 15.9 Å². The number of nitrogens with zero attached hydrogens (tertiary/aromatic N) is 1. The van der Waals surface area contributed by atoms with E-state index in [2.05, 4.69) is 10.6 Å². The quantitative estimate of drug-likeness (QED) is 0.226. The number of thiazole rings is 1. The Kier molecular flexibility index (Phi) is 7.23. The summed E-state index contributed by atoms with van der Waals surface area (Å²) in [5, 5.41) is 7.41. The second-order valence-corrected chi connectivity index (χ2v) is 9.76. The first-order chi connectivity index (χ1) is 17.5. The van der Waals surface area contributed by atoms with Gasteiger partial charge in [0, 0.05) is 16.1 Å². The molecule has 5 nitrogen and oxygen atoms in total. The standard InChI is InChI=1S/C28H20ClN3O2S2/c29-20-13-14-23(22(16-20)27-30-24-11-4-5-12-25(24)36-27)31-28(35)32-26(33)19-9-6-10-21(15-19)34-17-18-7-2-1-3-8-18/h1-16H,17H2,(H2,31,32,33,35). The van der Waals surface area contributed by atoms with E-state index in [1.165, 1.54) is 0 Å². The molecule has 5 aromatic rings. The molecule has 0 aliphatic rings. The molecule has 0 atom stereocenters. The minimum atomic E-state index is -0.340. The van der Waals surface area contributed by atoms with Crippen LogP contribution in [-0.4, -0.2) is 16.0 Å². The monoisotopic (exact) mass is 529 g/mol. The van der Waals surface area contributed by atoms with Crippen molar-refractivity contribution in [2.45, 2.75) is 6.61 Å². The number of ether oxygens (including phenoxy) is 1. The first-order valence-electron chi connectivity index (χ1n) is 11.1. The van der Waals surface area contributed by atoms with E-state index in [9.17, 15) is 4.79 Å². The topological polar surface area (TPSA) is 63.2 Å². The van der Waals surface area contributed by atoms with E-state index in [1.807, 2.05) is 72.8 Å². The Bertz CT molecular complexity index is 1520. The lowest BCUT2D eigenvalue weighted by Gasteiger charge is -2.13. The predicted molar refractivity (Wildman–Crippen MR) is 151 cm³/mol. The number of rotatable bonds is 6. The number of carbonyl (C=O) groups excluding carboxylic acids is 1. The van der Waals surface area contributed by atoms with E-state index in [-0.39, 0.29) is 11.0 Å². The van der Waals surface area contributed by atoms with Crippen LogP contribution < -0.4 is 15.4 Å². The molecule has 4 aromatic carbocycles. The van der Waals surface area contributed by atoms with Crippen molar-refractivity contribution in [3.8, 4) is 16.3 Å². The van der Waals surface area contributed by atoms with Gasteiger partial charge in [0.2, 0.25) is 0 Å². The van der Waals surface area contributed by atoms with Crippen LogP contribution in [0.3, 0.4) is 0 Å². The van der Waals surface area contributed by atoms with Crippen LogP contribution in [0.5, 0.6) is 5.75 Å². The molecule has 0 aliphatic carbocycles. The Hall–Kier alpha value is -3.78. The van der Waals surface area contributed by atoms with Gasteiger partial charge in [-0.3, -0.25) is 10.1 Å². The third-order valence-corrected chi connectivity index (χ3v) is 6.83. The summed E-state index contributed by atoms with van der Waals surface area (Å²) in [5.41, 5.74) is 3.89. The molecule has 2 N–H and O–H groups in total. The summed E-state index contributed by atoms with van der Waals surface area (Å²) >= 11 is 13.3. The van der Waals surface area contributed by atoms with Crippen LogP contribution in [0.25, 0.3) is 20.8 Å². The van der Waals surface area contributed by atoms with Gasteiger partial charge in [-0.15, -0.1) is 11.3 Å². The van der Waals surface area contributed by atoms with Crippen molar-refractivity contribution in [2.75, 3.05) is 5.32 Å². The predicted octanol–water partition coefficient (Wildman–Crippen LogP) is 7.32. The van der Waals surface area contributed by atoms with E-state index in [0.717, 1.165) is 26.4 Å². The fraction of sp³-hybridized carbons (Fsp3) is 0.0357. The molecule has 5 rings (SSSR count).